The number of pyridine rings is 1. The molecule has 0 radical (unpaired) electrons. The van der Waals surface area contributed by atoms with E-state index in [0.29, 0.717) is 6.54 Å². The van der Waals surface area contributed by atoms with E-state index in [2.05, 4.69) is 20.3 Å². The quantitative estimate of drug-likeness (QED) is 0.850. The van der Waals surface area contributed by atoms with Gasteiger partial charge in [0, 0.05) is 24.3 Å². The summed E-state index contributed by atoms with van der Waals surface area (Å²) in [5, 5.41) is 3.31. The summed E-state index contributed by atoms with van der Waals surface area (Å²) < 4.78 is 0. The van der Waals surface area contributed by atoms with E-state index >= 15 is 0 Å². The zero-order valence-corrected chi connectivity index (χ0v) is 9.44. The van der Waals surface area contributed by atoms with E-state index in [1.807, 2.05) is 26.1 Å². The molecule has 0 amide bonds. The van der Waals surface area contributed by atoms with E-state index < -0.39 is 0 Å². The Bertz CT molecular complexity index is 465. The van der Waals surface area contributed by atoms with Gasteiger partial charge in [-0.15, -0.1) is 0 Å². The number of hydrogen-bond acceptors (Lipinski definition) is 4. The van der Waals surface area contributed by atoms with Crippen molar-refractivity contribution in [3.05, 3.63) is 47.8 Å². The van der Waals surface area contributed by atoms with Crippen LogP contribution >= 0.6 is 0 Å². The van der Waals surface area contributed by atoms with E-state index in [1.54, 1.807) is 18.6 Å². The molecular weight excluding hydrogens is 200 g/mol. The third kappa shape index (κ3) is 2.53. The number of aryl methyl sites for hydroxylation is 2. The van der Waals surface area contributed by atoms with Gasteiger partial charge in [0.2, 0.25) is 0 Å². The Balaban J connectivity index is 2.02. The molecule has 0 aliphatic rings. The summed E-state index contributed by atoms with van der Waals surface area (Å²) in [6.45, 7) is 4.63. The van der Waals surface area contributed by atoms with Gasteiger partial charge in [-0.3, -0.25) is 15.0 Å². The molecule has 2 rings (SSSR count). The first-order valence-corrected chi connectivity index (χ1v) is 5.18. The number of nitrogens with one attached hydrogen (secondary N) is 1. The van der Waals surface area contributed by atoms with Gasteiger partial charge in [-0.05, 0) is 25.5 Å². The van der Waals surface area contributed by atoms with Crippen molar-refractivity contribution >= 4 is 5.69 Å². The second-order valence-electron chi connectivity index (χ2n) is 3.69. The SMILES string of the molecule is Cc1cnc(CNc2ccncc2C)cn1. The molecule has 2 heterocycles. The Morgan fingerprint density at radius 1 is 1.12 bits per heavy atom. The molecular formula is C12H14N4. The topological polar surface area (TPSA) is 50.7 Å². The first kappa shape index (κ1) is 10.5. The Kier molecular flexibility index (Phi) is 3.10. The van der Waals surface area contributed by atoms with Crippen LogP contribution < -0.4 is 5.32 Å². The summed E-state index contributed by atoms with van der Waals surface area (Å²) >= 11 is 0. The van der Waals surface area contributed by atoms with Crippen LogP contribution in [-0.2, 0) is 6.54 Å². The second-order valence-corrected chi connectivity index (χ2v) is 3.69. The first-order valence-electron chi connectivity index (χ1n) is 5.18. The van der Waals surface area contributed by atoms with Crippen LogP contribution in [0, 0.1) is 13.8 Å². The molecule has 2 aromatic heterocycles. The summed E-state index contributed by atoms with van der Waals surface area (Å²) in [4.78, 5) is 12.5. The lowest BCUT2D eigenvalue weighted by molar-refractivity contribution is 0.981. The van der Waals surface area contributed by atoms with Crippen molar-refractivity contribution in [2.45, 2.75) is 20.4 Å². The lowest BCUT2D eigenvalue weighted by Crippen LogP contribution is -2.03. The van der Waals surface area contributed by atoms with Gasteiger partial charge < -0.3 is 5.32 Å². The van der Waals surface area contributed by atoms with Crippen molar-refractivity contribution in [3.8, 4) is 0 Å². The maximum atomic E-state index is 4.28. The van der Waals surface area contributed by atoms with Crippen molar-refractivity contribution in [1.82, 2.24) is 15.0 Å². The molecule has 82 valence electrons. The van der Waals surface area contributed by atoms with Gasteiger partial charge in [0.1, 0.15) is 0 Å². The third-order valence-corrected chi connectivity index (χ3v) is 2.31. The predicted octanol–water partition coefficient (Wildman–Crippen LogP) is 2.10. The molecule has 16 heavy (non-hydrogen) atoms. The van der Waals surface area contributed by atoms with Gasteiger partial charge in [0.25, 0.3) is 0 Å². The fourth-order valence-electron chi connectivity index (χ4n) is 1.37. The minimum atomic E-state index is 0.679. The van der Waals surface area contributed by atoms with E-state index in [0.717, 1.165) is 22.6 Å². The minimum Gasteiger partial charge on any atom is -0.379 e. The zero-order valence-electron chi connectivity index (χ0n) is 9.44. The standard InChI is InChI=1S/C12H14N4/c1-9-5-13-4-3-12(9)16-8-11-7-14-10(2)6-15-11/h3-7H,8H2,1-2H3,(H,13,16). The Morgan fingerprint density at radius 2 is 2.00 bits per heavy atom. The van der Waals surface area contributed by atoms with Gasteiger partial charge in [0.15, 0.2) is 0 Å². The van der Waals surface area contributed by atoms with Crippen LogP contribution in [0.2, 0.25) is 0 Å². The zero-order chi connectivity index (χ0) is 11.4. The average molecular weight is 214 g/mol. The van der Waals surface area contributed by atoms with E-state index in [9.17, 15) is 0 Å². The van der Waals surface area contributed by atoms with Gasteiger partial charge in [-0.25, -0.2) is 0 Å². The molecule has 4 nitrogen and oxygen atoms in total. The normalized spacial score (nSPS) is 10.1. The number of hydrogen-bond donors (Lipinski definition) is 1. The van der Waals surface area contributed by atoms with Crippen molar-refractivity contribution in [3.63, 3.8) is 0 Å². The Morgan fingerprint density at radius 3 is 2.69 bits per heavy atom. The molecule has 0 bridgehead atoms. The highest BCUT2D eigenvalue weighted by molar-refractivity contribution is 5.48. The van der Waals surface area contributed by atoms with Crippen molar-refractivity contribution < 1.29 is 0 Å². The van der Waals surface area contributed by atoms with Gasteiger partial charge in [-0.2, -0.15) is 0 Å². The molecule has 2 aromatic rings. The van der Waals surface area contributed by atoms with Crippen LogP contribution in [0.3, 0.4) is 0 Å². The van der Waals surface area contributed by atoms with Gasteiger partial charge in [-0.1, -0.05) is 0 Å². The average Bonchev–Trinajstić information content (AvgIpc) is 2.30. The van der Waals surface area contributed by atoms with Crippen LogP contribution in [-0.4, -0.2) is 15.0 Å². The molecule has 4 heteroatoms. The second kappa shape index (κ2) is 4.70. The summed E-state index contributed by atoms with van der Waals surface area (Å²) in [5.74, 6) is 0. The highest BCUT2D eigenvalue weighted by Gasteiger charge is 1.98. The molecule has 0 unspecified atom stereocenters. The highest BCUT2D eigenvalue weighted by atomic mass is 14.9. The van der Waals surface area contributed by atoms with Crippen LogP contribution in [0.4, 0.5) is 5.69 Å². The monoisotopic (exact) mass is 214 g/mol. The van der Waals surface area contributed by atoms with Crippen LogP contribution in [0.1, 0.15) is 17.0 Å². The molecule has 0 aliphatic heterocycles. The van der Waals surface area contributed by atoms with E-state index in [-0.39, 0.29) is 0 Å². The summed E-state index contributed by atoms with van der Waals surface area (Å²) in [6, 6.07) is 1.96. The number of nitrogens with zero attached hydrogens (tertiary/aromatic N) is 3. The lowest BCUT2D eigenvalue weighted by atomic mass is 10.2. The number of rotatable bonds is 3. The summed E-state index contributed by atoms with van der Waals surface area (Å²) in [7, 11) is 0. The molecule has 0 fully saturated rings. The largest absolute Gasteiger partial charge is 0.379 e. The lowest BCUT2D eigenvalue weighted by Gasteiger charge is -2.07. The third-order valence-electron chi connectivity index (χ3n) is 2.31. The maximum absolute atomic E-state index is 4.28. The fourth-order valence-corrected chi connectivity index (χ4v) is 1.37. The smallest absolute Gasteiger partial charge is 0.0777 e. The molecule has 0 atom stereocenters. The molecule has 1 N–H and O–H groups in total. The summed E-state index contributed by atoms with van der Waals surface area (Å²) in [6.07, 6.45) is 7.18. The molecule has 0 aliphatic carbocycles. The maximum Gasteiger partial charge on any atom is 0.0777 e. The van der Waals surface area contributed by atoms with Gasteiger partial charge in [0.05, 0.1) is 24.1 Å². The van der Waals surface area contributed by atoms with Crippen molar-refractivity contribution in [2.24, 2.45) is 0 Å². The first-order chi connectivity index (χ1) is 7.75. The van der Waals surface area contributed by atoms with Crippen LogP contribution in [0.15, 0.2) is 30.9 Å². The highest BCUT2D eigenvalue weighted by Crippen LogP contribution is 2.12. The molecule has 0 saturated heterocycles. The van der Waals surface area contributed by atoms with E-state index in [4.69, 9.17) is 0 Å². The van der Waals surface area contributed by atoms with Crippen LogP contribution in [0.5, 0.6) is 0 Å². The molecule has 0 saturated carbocycles. The van der Waals surface area contributed by atoms with Crippen molar-refractivity contribution in [2.75, 3.05) is 5.32 Å². The summed E-state index contributed by atoms with van der Waals surface area (Å²) in [5.41, 5.74) is 4.07. The number of aromatic nitrogens is 3. The Labute approximate surface area is 94.8 Å². The van der Waals surface area contributed by atoms with Crippen molar-refractivity contribution in [1.29, 1.82) is 0 Å². The molecule has 0 spiro atoms. The number of anilines is 1. The van der Waals surface area contributed by atoms with Crippen LogP contribution in [0.25, 0.3) is 0 Å². The molecule has 0 aromatic carbocycles. The predicted molar refractivity (Wildman–Crippen MR) is 63.1 cm³/mol. The van der Waals surface area contributed by atoms with E-state index in [1.165, 1.54) is 0 Å². The Hall–Kier alpha value is -1.97. The fraction of sp³-hybridized carbons (Fsp3) is 0.250. The minimum absolute atomic E-state index is 0.679. The van der Waals surface area contributed by atoms with Gasteiger partial charge >= 0.3 is 0 Å².